The Balaban J connectivity index is 1.49. The fraction of sp³-hybridized carbons (Fsp3) is 0.400. The fourth-order valence-corrected chi connectivity index (χ4v) is 4.77. The second-order valence-electron chi connectivity index (χ2n) is 8.06. The second kappa shape index (κ2) is 11.2. The number of carbonyl (C=O) groups excluding carboxylic acids is 1. The molecule has 1 aromatic heterocycles. The van der Waals surface area contributed by atoms with Gasteiger partial charge in [-0.2, -0.15) is 0 Å². The maximum Gasteiger partial charge on any atom is 0.233 e. The van der Waals surface area contributed by atoms with Crippen LogP contribution < -0.4 is 4.74 Å². The molecule has 1 aliphatic rings. The van der Waals surface area contributed by atoms with E-state index >= 15 is 0 Å². The Morgan fingerprint density at radius 1 is 0.938 bits per heavy atom. The van der Waals surface area contributed by atoms with Gasteiger partial charge in [0.05, 0.1) is 5.75 Å². The van der Waals surface area contributed by atoms with E-state index in [4.69, 9.17) is 4.74 Å². The van der Waals surface area contributed by atoms with E-state index in [1.54, 1.807) is 0 Å². The lowest BCUT2D eigenvalue weighted by atomic mass is 10.1. The van der Waals surface area contributed by atoms with Crippen molar-refractivity contribution in [2.24, 2.45) is 0 Å². The number of hydrogen-bond donors (Lipinski definition) is 0. The van der Waals surface area contributed by atoms with Crippen molar-refractivity contribution in [3.05, 3.63) is 66.0 Å². The van der Waals surface area contributed by atoms with E-state index in [2.05, 4.69) is 10.2 Å². The molecule has 32 heavy (non-hydrogen) atoms. The van der Waals surface area contributed by atoms with E-state index in [1.165, 1.54) is 31.0 Å². The molecule has 1 saturated heterocycles. The first-order chi connectivity index (χ1) is 15.7. The first-order valence-electron chi connectivity index (χ1n) is 11.3. The van der Waals surface area contributed by atoms with E-state index in [1.807, 2.05) is 71.0 Å². The summed E-state index contributed by atoms with van der Waals surface area (Å²) in [6.07, 6.45) is 5.89. The highest BCUT2D eigenvalue weighted by atomic mass is 32.2. The summed E-state index contributed by atoms with van der Waals surface area (Å²) in [4.78, 5) is 14.9. The van der Waals surface area contributed by atoms with Crippen LogP contribution >= 0.6 is 11.8 Å². The Morgan fingerprint density at radius 2 is 1.62 bits per heavy atom. The standard InChI is InChI=1S/C25H30N4O2S/c1-20-12-8-9-15-22(20)31-18-23-26-27-25(29(23)21-13-6-5-7-14-21)32-19-24(30)28-16-10-3-2-4-11-17-28/h5-9,12-15H,2-4,10-11,16-19H2,1H3. The van der Waals surface area contributed by atoms with Crippen LogP contribution in [0.25, 0.3) is 5.69 Å². The number of likely N-dealkylation sites (tertiary alicyclic amines) is 1. The van der Waals surface area contributed by atoms with Gasteiger partial charge in [-0.3, -0.25) is 9.36 Å². The Morgan fingerprint density at radius 3 is 2.38 bits per heavy atom. The number of aryl methyl sites for hydroxylation is 1. The van der Waals surface area contributed by atoms with Crippen molar-refractivity contribution in [2.45, 2.75) is 50.8 Å². The number of rotatable bonds is 7. The number of nitrogens with zero attached hydrogens (tertiary/aromatic N) is 4. The molecule has 6 nitrogen and oxygen atoms in total. The molecule has 1 aliphatic heterocycles. The zero-order valence-electron chi connectivity index (χ0n) is 18.6. The molecule has 2 heterocycles. The molecule has 1 fully saturated rings. The molecule has 168 valence electrons. The van der Waals surface area contributed by atoms with Gasteiger partial charge in [-0.05, 0) is 43.5 Å². The van der Waals surface area contributed by atoms with Crippen LogP contribution in [0.2, 0.25) is 0 Å². The van der Waals surface area contributed by atoms with E-state index in [0.717, 1.165) is 42.9 Å². The normalized spacial score (nSPS) is 14.6. The minimum atomic E-state index is 0.178. The largest absolute Gasteiger partial charge is 0.485 e. The van der Waals surface area contributed by atoms with Crippen molar-refractivity contribution in [2.75, 3.05) is 18.8 Å². The third-order valence-corrected chi connectivity index (χ3v) is 6.61. The monoisotopic (exact) mass is 450 g/mol. The van der Waals surface area contributed by atoms with E-state index < -0.39 is 0 Å². The minimum absolute atomic E-state index is 0.178. The molecule has 0 spiro atoms. The van der Waals surface area contributed by atoms with Crippen molar-refractivity contribution in [1.82, 2.24) is 19.7 Å². The van der Waals surface area contributed by atoms with Crippen LogP contribution in [0.3, 0.4) is 0 Å². The molecule has 0 N–H and O–H groups in total. The zero-order chi connectivity index (χ0) is 22.2. The minimum Gasteiger partial charge on any atom is -0.485 e. The average Bonchev–Trinajstić information content (AvgIpc) is 3.20. The molecule has 1 amide bonds. The van der Waals surface area contributed by atoms with E-state index in [-0.39, 0.29) is 5.91 Å². The third kappa shape index (κ3) is 5.71. The van der Waals surface area contributed by atoms with Gasteiger partial charge in [-0.15, -0.1) is 10.2 Å². The molecule has 0 aliphatic carbocycles. The summed E-state index contributed by atoms with van der Waals surface area (Å²) in [7, 11) is 0. The summed E-state index contributed by atoms with van der Waals surface area (Å²) in [5.41, 5.74) is 2.04. The lowest BCUT2D eigenvalue weighted by molar-refractivity contribution is -0.128. The second-order valence-corrected chi connectivity index (χ2v) is 9.00. The number of carbonyl (C=O) groups is 1. The summed E-state index contributed by atoms with van der Waals surface area (Å²) in [6, 6.07) is 17.9. The average molecular weight is 451 g/mol. The highest BCUT2D eigenvalue weighted by molar-refractivity contribution is 7.99. The Kier molecular flexibility index (Phi) is 7.82. The van der Waals surface area contributed by atoms with Gasteiger partial charge in [0, 0.05) is 18.8 Å². The van der Waals surface area contributed by atoms with Gasteiger partial charge in [-0.1, -0.05) is 67.4 Å². The van der Waals surface area contributed by atoms with E-state index in [9.17, 15) is 4.79 Å². The molecular formula is C25H30N4O2S. The maximum absolute atomic E-state index is 12.9. The fourth-order valence-electron chi connectivity index (χ4n) is 3.90. The van der Waals surface area contributed by atoms with Crippen molar-refractivity contribution in [1.29, 1.82) is 0 Å². The summed E-state index contributed by atoms with van der Waals surface area (Å²) >= 11 is 1.44. The molecule has 4 rings (SSSR count). The summed E-state index contributed by atoms with van der Waals surface area (Å²) < 4.78 is 8.03. The van der Waals surface area contributed by atoms with Crippen LogP contribution in [-0.4, -0.2) is 44.4 Å². The SMILES string of the molecule is Cc1ccccc1OCc1nnc(SCC(=O)N2CCCCCCC2)n1-c1ccccc1. The number of para-hydroxylation sites is 2. The van der Waals surface area contributed by atoms with Crippen LogP contribution in [-0.2, 0) is 11.4 Å². The summed E-state index contributed by atoms with van der Waals surface area (Å²) in [6.45, 7) is 4.04. The van der Waals surface area contributed by atoms with E-state index in [0.29, 0.717) is 23.3 Å². The van der Waals surface area contributed by atoms with Gasteiger partial charge in [0.1, 0.15) is 12.4 Å². The Hall–Kier alpha value is -2.80. The number of ether oxygens (including phenoxy) is 1. The van der Waals surface area contributed by atoms with Crippen LogP contribution in [0, 0.1) is 6.92 Å². The van der Waals surface area contributed by atoms with Crippen molar-refractivity contribution >= 4 is 17.7 Å². The quantitative estimate of drug-likeness (QED) is 0.472. The third-order valence-electron chi connectivity index (χ3n) is 5.70. The number of aromatic nitrogens is 3. The molecular weight excluding hydrogens is 420 g/mol. The molecule has 0 bridgehead atoms. The van der Waals surface area contributed by atoms with Gasteiger partial charge < -0.3 is 9.64 Å². The number of benzene rings is 2. The topological polar surface area (TPSA) is 60.3 Å². The molecule has 2 aromatic carbocycles. The lowest BCUT2D eigenvalue weighted by Crippen LogP contribution is -2.35. The van der Waals surface area contributed by atoms with Crippen molar-refractivity contribution in [3.8, 4) is 11.4 Å². The smallest absolute Gasteiger partial charge is 0.233 e. The van der Waals surface area contributed by atoms with Gasteiger partial charge in [0.2, 0.25) is 5.91 Å². The molecule has 0 unspecified atom stereocenters. The van der Waals surface area contributed by atoms with Gasteiger partial charge >= 0.3 is 0 Å². The van der Waals surface area contributed by atoms with Crippen molar-refractivity contribution in [3.63, 3.8) is 0 Å². The van der Waals surface area contributed by atoms with Crippen LogP contribution in [0.15, 0.2) is 59.8 Å². The first kappa shape index (κ1) is 22.4. The highest BCUT2D eigenvalue weighted by Gasteiger charge is 2.19. The number of thioether (sulfide) groups is 1. The number of hydrogen-bond acceptors (Lipinski definition) is 5. The Bertz CT molecular complexity index is 1010. The van der Waals surface area contributed by atoms with Crippen LogP contribution in [0.1, 0.15) is 43.5 Å². The Labute approximate surface area is 194 Å². The predicted molar refractivity (Wildman–Crippen MR) is 127 cm³/mol. The highest BCUT2D eigenvalue weighted by Crippen LogP contribution is 2.24. The first-order valence-corrected chi connectivity index (χ1v) is 12.3. The summed E-state index contributed by atoms with van der Waals surface area (Å²) in [5, 5.41) is 9.51. The molecule has 3 aromatic rings. The molecule has 0 atom stereocenters. The summed E-state index contributed by atoms with van der Waals surface area (Å²) in [5.74, 6) is 2.08. The molecule has 7 heteroatoms. The molecule has 0 radical (unpaired) electrons. The predicted octanol–water partition coefficient (Wildman–Crippen LogP) is 5.04. The van der Waals surface area contributed by atoms with Gasteiger partial charge in [0.25, 0.3) is 0 Å². The van der Waals surface area contributed by atoms with Crippen LogP contribution in [0.4, 0.5) is 0 Å². The van der Waals surface area contributed by atoms with Gasteiger partial charge in [0.15, 0.2) is 11.0 Å². The lowest BCUT2D eigenvalue weighted by Gasteiger charge is -2.24. The zero-order valence-corrected chi connectivity index (χ0v) is 19.4. The number of amides is 1. The van der Waals surface area contributed by atoms with Crippen LogP contribution in [0.5, 0.6) is 5.75 Å². The van der Waals surface area contributed by atoms with Crippen molar-refractivity contribution < 1.29 is 9.53 Å². The maximum atomic E-state index is 12.9. The van der Waals surface area contributed by atoms with Gasteiger partial charge in [-0.25, -0.2) is 0 Å². The molecule has 0 saturated carbocycles.